The van der Waals surface area contributed by atoms with Crippen molar-refractivity contribution in [2.45, 2.75) is 19.8 Å². The Hall–Kier alpha value is -1.15. The first-order valence-corrected chi connectivity index (χ1v) is 5.02. The molecule has 0 saturated heterocycles. The van der Waals surface area contributed by atoms with Gasteiger partial charge in [0.2, 0.25) is 0 Å². The van der Waals surface area contributed by atoms with Crippen LogP contribution in [0.5, 0.6) is 0 Å². The van der Waals surface area contributed by atoms with Gasteiger partial charge < -0.3 is 5.73 Å². The molecule has 1 unspecified atom stereocenters. The lowest BCUT2D eigenvalue weighted by atomic mass is 10.0. The van der Waals surface area contributed by atoms with Gasteiger partial charge in [0, 0.05) is 12.0 Å². The van der Waals surface area contributed by atoms with Gasteiger partial charge in [-0.3, -0.25) is 4.79 Å². The second-order valence-corrected chi connectivity index (χ2v) is 3.67. The minimum Gasteiger partial charge on any atom is -0.330 e. The average molecular weight is 191 g/mol. The molecule has 0 spiro atoms. The fraction of sp³-hybridized carbons (Fsp3) is 0.417. The maximum absolute atomic E-state index is 11.6. The van der Waals surface area contributed by atoms with E-state index >= 15 is 0 Å². The topological polar surface area (TPSA) is 43.1 Å². The van der Waals surface area contributed by atoms with Crippen molar-refractivity contribution in [1.82, 2.24) is 0 Å². The summed E-state index contributed by atoms with van der Waals surface area (Å²) in [5, 5.41) is 0. The number of rotatable bonds is 5. The predicted octanol–water partition coefficient (Wildman–Crippen LogP) is 2.24. The molecule has 0 aliphatic carbocycles. The van der Waals surface area contributed by atoms with E-state index in [1.807, 2.05) is 30.3 Å². The van der Waals surface area contributed by atoms with E-state index in [0.717, 1.165) is 12.0 Å². The summed E-state index contributed by atoms with van der Waals surface area (Å²) in [6.45, 7) is 2.72. The van der Waals surface area contributed by atoms with Gasteiger partial charge in [-0.2, -0.15) is 0 Å². The molecule has 0 aliphatic heterocycles. The Morgan fingerprint density at radius 2 is 2.00 bits per heavy atom. The van der Waals surface area contributed by atoms with E-state index in [1.165, 1.54) is 0 Å². The predicted molar refractivity (Wildman–Crippen MR) is 58.2 cm³/mol. The van der Waals surface area contributed by atoms with Crippen molar-refractivity contribution in [3.05, 3.63) is 35.9 Å². The van der Waals surface area contributed by atoms with E-state index in [-0.39, 0.29) is 5.78 Å². The van der Waals surface area contributed by atoms with Crippen molar-refractivity contribution >= 4 is 5.78 Å². The van der Waals surface area contributed by atoms with Crippen molar-refractivity contribution in [2.24, 2.45) is 11.7 Å². The van der Waals surface area contributed by atoms with Gasteiger partial charge in [-0.05, 0) is 18.9 Å². The molecule has 2 N–H and O–H groups in total. The highest BCUT2D eigenvalue weighted by molar-refractivity contribution is 5.95. The zero-order valence-electron chi connectivity index (χ0n) is 8.57. The van der Waals surface area contributed by atoms with Gasteiger partial charge in [0.1, 0.15) is 0 Å². The Morgan fingerprint density at radius 3 is 2.57 bits per heavy atom. The van der Waals surface area contributed by atoms with Crippen LogP contribution in [0, 0.1) is 5.92 Å². The van der Waals surface area contributed by atoms with Crippen molar-refractivity contribution in [1.29, 1.82) is 0 Å². The molecule has 0 fully saturated rings. The van der Waals surface area contributed by atoms with Crippen LogP contribution in [-0.4, -0.2) is 12.3 Å². The minimum absolute atomic E-state index is 0.214. The summed E-state index contributed by atoms with van der Waals surface area (Å²) in [4.78, 5) is 11.6. The number of hydrogen-bond acceptors (Lipinski definition) is 2. The van der Waals surface area contributed by atoms with E-state index in [0.29, 0.717) is 18.9 Å². The van der Waals surface area contributed by atoms with Crippen LogP contribution >= 0.6 is 0 Å². The zero-order chi connectivity index (χ0) is 10.4. The highest BCUT2D eigenvalue weighted by atomic mass is 16.1. The summed E-state index contributed by atoms with van der Waals surface area (Å²) >= 11 is 0. The second-order valence-electron chi connectivity index (χ2n) is 3.67. The Kier molecular flexibility index (Phi) is 4.33. The highest BCUT2D eigenvalue weighted by Crippen LogP contribution is 2.09. The Labute approximate surface area is 85.1 Å². The quantitative estimate of drug-likeness (QED) is 0.725. The molecule has 14 heavy (non-hydrogen) atoms. The van der Waals surface area contributed by atoms with E-state index in [9.17, 15) is 4.79 Å². The normalized spacial score (nSPS) is 12.4. The summed E-state index contributed by atoms with van der Waals surface area (Å²) in [5.74, 6) is 0.647. The summed E-state index contributed by atoms with van der Waals surface area (Å²) < 4.78 is 0. The van der Waals surface area contributed by atoms with E-state index in [2.05, 4.69) is 6.92 Å². The third-order valence-corrected chi connectivity index (χ3v) is 2.36. The van der Waals surface area contributed by atoms with Gasteiger partial charge in [0.15, 0.2) is 5.78 Å². The zero-order valence-corrected chi connectivity index (χ0v) is 8.57. The van der Waals surface area contributed by atoms with Gasteiger partial charge in [-0.1, -0.05) is 37.3 Å². The number of hydrogen-bond donors (Lipinski definition) is 1. The van der Waals surface area contributed by atoms with Crippen LogP contribution in [0.2, 0.25) is 0 Å². The molecule has 1 aromatic carbocycles. The van der Waals surface area contributed by atoms with E-state index in [1.54, 1.807) is 0 Å². The van der Waals surface area contributed by atoms with Crippen LogP contribution in [0.25, 0.3) is 0 Å². The molecule has 76 valence electrons. The smallest absolute Gasteiger partial charge is 0.162 e. The Morgan fingerprint density at radius 1 is 1.36 bits per heavy atom. The minimum atomic E-state index is 0.214. The molecule has 0 bridgehead atoms. The van der Waals surface area contributed by atoms with Gasteiger partial charge in [0.25, 0.3) is 0 Å². The third kappa shape index (κ3) is 3.30. The first-order chi connectivity index (χ1) is 6.74. The number of carbonyl (C=O) groups is 1. The number of benzene rings is 1. The molecule has 0 heterocycles. The molecule has 1 atom stereocenters. The summed E-state index contributed by atoms with van der Waals surface area (Å²) in [7, 11) is 0. The molecule has 0 saturated carbocycles. The first kappa shape index (κ1) is 10.9. The van der Waals surface area contributed by atoms with Crippen LogP contribution in [0.1, 0.15) is 30.1 Å². The van der Waals surface area contributed by atoms with E-state index < -0.39 is 0 Å². The number of ketones is 1. The lowest BCUT2D eigenvalue weighted by Crippen LogP contribution is -2.12. The van der Waals surface area contributed by atoms with E-state index in [4.69, 9.17) is 5.73 Å². The lowest BCUT2D eigenvalue weighted by molar-refractivity contribution is 0.0975. The summed E-state index contributed by atoms with van der Waals surface area (Å²) in [6, 6.07) is 9.41. The molecule has 2 heteroatoms. The van der Waals surface area contributed by atoms with Crippen molar-refractivity contribution in [3.8, 4) is 0 Å². The number of nitrogens with two attached hydrogens (primary N) is 1. The van der Waals surface area contributed by atoms with Gasteiger partial charge in [-0.25, -0.2) is 0 Å². The molecule has 0 amide bonds. The highest BCUT2D eigenvalue weighted by Gasteiger charge is 2.06. The number of Topliss-reactive ketones (excluding diaryl/α,β-unsaturated/α-hetero) is 1. The second kappa shape index (κ2) is 5.55. The van der Waals surface area contributed by atoms with Crippen LogP contribution in [-0.2, 0) is 0 Å². The Bertz CT molecular complexity index is 282. The molecular weight excluding hydrogens is 174 g/mol. The van der Waals surface area contributed by atoms with Crippen LogP contribution in [0.15, 0.2) is 30.3 Å². The average Bonchev–Trinajstić information content (AvgIpc) is 2.26. The van der Waals surface area contributed by atoms with Crippen LogP contribution < -0.4 is 5.73 Å². The monoisotopic (exact) mass is 191 g/mol. The van der Waals surface area contributed by atoms with Gasteiger partial charge in [-0.15, -0.1) is 0 Å². The number of carbonyl (C=O) groups excluding carboxylic acids is 1. The fourth-order valence-electron chi connectivity index (χ4n) is 1.26. The standard InChI is InChI=1S/C12H17NO/c1-10(9-13)7-8-12(14)11-5-3-2-4-6-11/h2-6,10H,7-9,13H2,1H3. The largest absolute Gasteiger partial charge is 0.330 e. The molecule has 2 nitrogen and oxygen atoms in total. The summed E-state index contributed by atoms with van der Waals surface area (Å²) in [5.41, 5.74) is 6.29. The fourth-order valence-corrected chi connectivity index (χ4v) is 1.26. The Balaban J connectivity index is 2.44. The molecule has 1 rings (SSSR count). The first-order valence-electron chi connectivity index (χ1n) is 5.02. The SMILES string of the molecule is CC(CN)CCC(=O)c1ccccc1. The summed E-state index contributed by atoms with van der Waals surface area (Å²) in [6.07, 6.45) is 1.48. The maximum Gasteiger partial charge on any atom is 0.162 e. The molecule has 0 aliphatic rings. The molecule has 1 aromatic rings. The molecule has 0 aromatic heterocycles. The lowest BCUT2D eigenvalue weighted by Gasteiger charge is -2.06. The third-order valence-electron chi connectivity index (χ3n) is 2.36. The van der Waals surface area contributed by atoms with Gasteiger partial charge >= 0.3 is 0 Å². The molecular formula is C12H17NO. The molecule has 0 radical (unpaired) electrons. The van der Waals surface area contributed by atoms with Gasteiger partial charge in [0.05, 0.1) is 0 Å². The van der Waals surface area contributed by atoms with Crippen molar-refractivity contribution < 1.29 is 4.79 Å². The maximum atomic E-state index is 11.6. The van der Waals surface area contributed by atoms with Crippen LogP contribution in [0.3, 0.4) is 0 Å². The van der Waals surface area contributed by atoms with Crippen LogP contribution in [0.4, 0.5) is 0 Å². The van der Waals surface area contributed by atoms with Crippen molar-refractivity contribution in [2.75, 3.05) is 6.54 Å². The van der Waals surface area contributed by atoms with Crippen molar-refractivity contribution in [3.63, 3.8) is 0 Å².